The molecule has 1 aromatic heterocycles. The zero-order valence-electron chi connectivity index (χ0n) is 21.0. The molecular formula is C27H28Cl2N4O4. The molecule has 0 saturated heterocycles. The monoisotopic (exact) mass is 542 g/mol. The average molecular weight is 543 g/mol. The van der Waals surface area contributed by atoms with E-state index < -0.39 is 18.1 Å². The van der Waals surface area contributed by atoms with Crippen LogP contribution in [0.1, 0.15) is 42.4 Å². The minimum absolute atomic E-state index is 0.0341. The first-order valence-corrected chi connectivity index (χ1v) is 12.1. The molecule has 0 saturated carbocycles. The number of aliphatic hydroxyl groups is 1. The number of nitrogens with one attached hydrogen (secondary N) is 2. The second-order valence-corrected chi connectivity index (χ2v) is 9.98. The van der Waals surface area contributed by atoms with E-state index in [1.165, 1.54) is 11.8 Å². The van der Waals surface area contributed by atoms with Crippen molar-refractivity contribution in [2.75, 3.05) is 20.3 Å². The Bertz CT molecular complexity index is 1350. The molecule has 0 bridgehead atoms. The number of carbonyl (C=O) groups is 2. The van der Waals surface area contributed by atoms with E-state index in [0.29, 0.717) is 38.1 Å². The Hall–Kier alpha value is -3.35. The molecule has 8 nitrogen and oxygen atoms in total. The number of benzene rings is 2. The molecule has 0 aliphatic rings. The van der Waals surface area contributed by atoms with Crippen LogP contribution < -0.4 is 10.6 Å². The number of nitrogens with zero attached hydrogens (tertiary/aromatic N) is 2. The Morgan fingerprint density at radius 1 is 1.14 bits per heavy atom. The van der Waals surface area contributed by atoms with Crippen molar-refractivity contribution < 1.29 is 19.4 Å². The van der Waals surface area contributed by atoms with Gasteiger partial charge in [0.05, 0.1) is 29.6 Å². The maximum absolute atomic E-state index is 13.1. The average Bonchev–Trinajstić information content (AvgIpc) is 3.21. The molecule has 0 aliphatic carbocycles. The van der Waals surface area contributed by atoms with Gasteiger partial charge in [-0.3, -0.25) is 9.59 Å². The van der Waals surface area contributed by atoms with E-state index in [9.17, 15) is 14.7 Å². The van der Waals surface area contributed by atoms with E-state index >= 15 is 0 Å². The van der Waals surface area contributed by atoms with Crippen LogP contribution in [0, 0.1) is 11.8 Å². The number of amides is 2. The predicted octanol–water partition coefficient (Wildman–Crippen LogP) is 3.98. The van der Waals surface area contributed by atoms with Gasteiger partial charge in [-0.25, -0.2) is 4.68 Å². The highest BCUT2D eigenvalue weighted by Gasteiger charge is 2.27. The smallest absolute Gasteiger partial charge is 0.272 e. The van der Waals surface area contributed by atoms with Crippen LogP contribution in [0.4, 0.5) is 0 Å². The lowest BCUT2D eigenvalue weighted by molar-refractivity contribution is -0.124. The summed E-state index contributed by atoms with van der Waals surface area (Å²) in [6.07, 6.45) is 0. The van der Waals surface area contributed by atoms with Crippen molar-refractivity contribution in [3.05, 3.63) is 69.3 Å². The molecule has 1 heterocycles. The Balaban J connectivity index is 2.05. The van der Waals surface area contributed by atoms with Crippen molar-refractivity contribution in [3.63, 3.8) is 0 Å². The zero-order chi connectivity index (χ0) is 27.2. The number of aliphatic hydroxyl groups excluding tert-OH is 1. The number of ether oxygens (including phenoxy) is 1. The third-order valence-electron chi connectivity index (χ3n) is 5.02. The molecule has 0 unspecified atom stereocenters. The topological polar surface area (TPSA) is 105 Å². The Kier molecular flexibility index (Phi) is 9.35. The van der Waals surface area contributed by atoms with E-state index in [4.69, 9.17) is 27.9 Å². The van der Waals surface area contributed by atoms with Gasteiger partial charge in [0.2, 0.25) is 5.91 Å². The zero-order valence-corrected chi connectivity index (χ0v) is 22.5. The van der Waals surface area contributed by atoms with Crippen LogP contribution in [0.2, 0.25) is 10.0 Å². The van der Waals surface area contributed by atoms with Crippen LogP contribution in [-0.4, -0.2) is 52.5 Å². The van der Waals surface area contributed by atoms with Gasteiger partial charge in [0.25, 0.3) is 5.91 Å². The Labute approximate surface area is 225 Å². The van der Waals surface area contributed by atoms with Gasteiger partial charge < -0.3 is 20.5 Å². The Morgan fingerprint density at radius 2 is 1.84 bits per heavy atom. The second-order valence-electron chi connectivity index (χ2n) is 9.13. The van der Waals surface area contributed by atoms with Crippen molar-refractivity contribution in [1.82, 2.24) is 20.4 Å². The van der Waals surface area contributed by atoms with Crippen LogP contribution in [0.15, 0.2) is 42.5 Å². The number of aromatic nitrogens is 2. The van der Waals surface area contributed by atoms with Gasteiger partial charge in [0.15, 0.2) is 5.69 Å². The van der Waals surface area contributed by atoms with Crippen molar-refractivity contribution >= 4 is 35.0 Å². The summed E-state index contributed by atoms with van der Waals surface area (Å²) >= 11 is 12.7. The third-order valence-corrected chi connectivity index (χ3v) is 5.58. The molecule has 3 rings (SSSR count). The predicted molar refractivity (Wildman–Crippen MR) is 144 cm³/mol. The molecule has 0 fully saturated rings. The van der Waals surface area contributed by atoms with Crippen LogP contribution in [-0.2, 0) is 16.1 Å². The largest absolute Gasteiger partial charge is 0.392 e. The molecule has 0 spiro atoms. The normalized spacial score (nSPS) is 11.0. The lowest BCUT2D eigenvalue weighted by Crippen LogP contribution is -2.41. The molecule has 37 heavy (non-hydrogen) atoms. The number of halogens is 2. The van der Waals surface area contributed by atoms with Crippen molar-refractivity contribution in [2.24, 2.45) is 0 Å². The van der Waals surface area contributed by atoms with Crippen LogP contribution in [0.5, 0.6) is 0 Å². The molecule has 0 atom stereocenters. The quantitative estimate of drug-likeness (QED) is 0.391. The van der Waals surface area contributed by atoms with E-state index in [0.717, 1.165) is 0 Å². The van der Waals surface area contributed by atoms with Gasteiger partial charge in [0, 0.05) is 34.4 Å². The summed E-state index contributed by atoms with van der Waals surface area (Å²) in [6, 6.07) is 12.2. The van der Waals surface area contributed by atoms with Crippen molar-refractivity contribution in [2.45, 2.75) is 32.9 Å². The molecule has 0 aliphatic heterocycles. The van der Waals surface area contributed by atoms with Gasteiger partial charge in [0.1, 0.15) is 6.61 Å². The summed E-state index contributed by atoms with van der Waals surface area (Å²) < 4.78 is 6.30. The summed E-state index contributed by atoms with van der Waals surface area (Å²) in [5, 5.41) is 21.2. The lowest BCUT2D eigenvalue weighted by Gasteiger charge is -2.19. The van der Waals surface area contributed by atoms with Crippen LogP contribution in [0.25, 0.3) is 16.9 Å². The van der Waals surface area contributed by atoms with E-state index in [-0.39, 0.29) is 24.8 Å². The second kappa shape index (κ2) is 12.3. The van der Waals surface area contributed by atoms with Crippen LogP contribution in [0.3, 0.4) is 0 Å². The number of carbonyl (C=O) groups excluding carboxylic acids is 2. The van der Waals surface area contributed by atoms with Gasteiger partial charge in [-0.05, 0) is 51.1 Å². The summed E-state index contributed by atoms with van der Waals surface area (Å²) in [5.41, 5.74) is 2.28. The SMILES string of the molecule is COCC(=O)NCC#Cc1ccc(-n2nc(C(=O)NC(C)(C)C)c(CO)c2-c2ccc(Cl)cc2)c(Cl)c1. The number of hydrogen-bond donors (Lipinski definition) is 3. The molecule has 2 aromatic carbocycles. The maximum atomic E-state index is 13.1. The fraction of sp³-hybridized carbons (Fsp3) is 0.296. The molecule has 194 valence electrons. The summed E-state index contributed by atoms with van der Waals surface area (Å²) in [5.74, 6) is 5.13. The van der Waals surface area contributed by atoms with E-state index in [2.05, 4.69) is 27.6 Å². The fourth-order valence-electron chi connectivity index (χ4n) is 3.49. The highest BCUT2D eigenvalue weighted by atomic mass is 35.5. The van der Waals surface area contributed by atoms with Crippen LogP contribution >= 0.6 is 23.2 Å². The van der Waals surface area contributed by atoms with Gasteiger partial charge in [-0.2, -0.15) is 5.10 Å². The summed E-state index contributed by atoms with van der Waals surface area (Å²) in [4.78, 5) is 24.6. The van der Waals surface area contributed by atoms with Gasteiger partial charge >= 0.3 is 0 Å². The number of hydrogen-bond acceptors (Lipinski definition) is 5. The van der Waals surface area contributed by atoms with E-state index in [1.807, 2.05) is 20.8 Å². The first kappa shape index (κ1) is 28.2. The lowest BCUT2D eigenvalue weighted by atomic mass is 10.0. The molecule has 2 amide bonds. The highest BCUT2D eigenvalue weighted by Crippen LogP contribution is 2.33. The maximum Gasteiger partial charge on any atom is 0.272 e. The van der Waals surface area contributed by atoms with Crippen molar-refractivity contribution in [3.8, 4) is 28.8 Å². The summed E-state index contributed by atoms with van der Waals surface area (Å²) in [7, 11) is 1.44. The molecular weight excluding hydrogens is 515 g/mol. The fourth-order valence-corrected chi connectivity index (χ4v) is 3.88. The number of rotatable bonds is 7. The highest BCUT2D eigenvalue weighted by molar-refractivity contribution is 6.32. The first-order chi connectivity index (χ1) is 17.5. The van der Waals surface area contributed by atoms with Crippen molar-refractivity contribution in [1.29, 1.82) is 0 Å². The first-order valence-electron chi connectivity index (χ1n) is 11.4. The molecule has 3 aromatic rings. The molecule has 10 heteroatoms. The third kappa shape index (κ3) is 7.34. The number of methoxy groups -OCH3 is 1. The molecule has 3 N–H and O–H groups in total. The van der Waals surface area contributed by atoms with Gasteiger partial charge in [-0.1, -0.05) is 47.2 Å². The minimum Gasteiger partial charge on any atom is -0.392 e. The summed E-state index contributed by atoms with van der Waals surface area (Å²) in [6.45, 7) is 5.29. The minimum atomic E-state index is -0.505. The molecule has 0 radical (unpaired) electrons. The standard InChI is InChI=1S/C27H28Cl2N4O4/c1-27(2,3)31-26(36)24-20(15-34)25(18-8-10-19(28)11-9-18)33(32-24)22-12-7-17(14-21(22)29)6-5-13-30-23(35)16-37-4/h7-12,14,34H,13,15-16H2,1-4H3,(H,30,35)(H,31,36). The Morgan fingerprint density at radius 3 is 2.43 bits per heavy atom. The van der Waals surface area contributed by atoms with Gasteiger partial charge in [-0.15, -0.1) is 0 Å². The van der Waals surface area contributed by atoms with E-state index in [1.54, 1.807) is 42.5 Å².